The van der Waals surface area contributed by atoms with Crippen LogP contribution in [0.4, 0.5) is 0 Å². The molecule has 0 aromatic heterocycles. The summed E-state index contributed by atoms with van der Waals surface area (Å²) in [4.78, 5) is 27.8. The minimum Gasteiger partial charge on any atom is -0.352 e. The van der Waals surface area contributed by atoms with Crippen LogP contribution in [0.1, 0.15) is 50.3 Å². The zero-order valence-corrected chi connectivity index (χ0v) is 17.4. The van der Waals surface area contributed by atoms with Gasteiger partial charge in [-0.15, -0.1) is 0 Å². The molecule has 0 aliphatic heterocycles. The summed E-state index contributed by atoms with van der Waals surface area (Å²) in [5.74, 6) is -0.0835. The molecule has 0 aliphatic rings. The van der Waals surface area contributed by atoms with Gasteiger partial charge in [-0.05, 0) is 38.3 Å². The standard InChI is InChI=1S/C24H32N2O2/c1-5-10-23(27)26(17-21-14-9-11-19(4)15-21)22(24(28)25-18(2)3)16-20-12-7-6-8-13-20/h6-9,11-15,18,22H,5,10,16-17H2,1-4H3,(H,25,28). The van der Waals surface area contributed by atoms with Crippen molar-refractivity contribution in [2.45, 2.75) is 65.6 Å². The van der Waals surface area contributed by atoms with Gasteiger partial charge in [0.25, 0.3) is 0 Å². The Kier molecular flexibility index (Phi) is 8.24. The molecular formula is C24H32N2O2. The molecule has 0 spiro atoms. The molecule has 28 heavy (non-hydrogen) atoms. The predicted octanol–water partition coefficient (Wildman–Crippen LogP) is 4.26. The van der Waals surface area contributed by atoms with Crippen molar-refractivity contribution in [1.82, 2.24) is 10.2 Å². The summed E-state index contributed by atoms with van der Waals surface area (Å²) < 4.78 is 0. The lowest BCUT2D eigenvalue weighted by Gasteiger charge is -2.32. The Balaban J connectivity index is 2.37. The maximum absolute atomic E-state index is 13.1. The topological polar surface area (TPSA) is 49.4 Å². The smallest absolute Gasteiger partial charge is 0.243 e. The Bertz CT molecular complexity index is 771. The molecule has 1 N–H and O–H groups in total. The number of hydrogen-bond donors (Lipinski definition) is 1. The molecule has 0 heterocycles. The van der Waals surface area contributed by atoms with Gasteiger partial charge in [0, 0.05) is 25.4 Å². The molecule has 4 heteroatoms. The quantitative estimate of drug-likeness (QED) is 0.707. The Morgan fingerprint density at radius 2 is 1.68 bits per heavy atom. The van der Waals surface area contributed by atoms with E-state index in [9.17, 15) is 9.59 Å². The Hall–Kier alpha value is -2.62. The highest BCUT2D eigenvalue weighted by atomic mass is 16.2. The average Bonchev–Trinajstić information content (AvgIpc) is 2.65. The zero-order valence-electron chi connectivity index (χ0n) is 17.4. The van der Waals surface area contributed by atoms with Gasteiger partial charge in [-0.2, -0.15) is 0 Å². The van der Waals surface area contributed by atoms with Gasteiger partial charge in [-0.3, -0.25) is 9.59 Å². The summed E-state index contributed by atoms with van der Waals surface area (Å²) in [5.41, 5.74) is 3.23. The number of aryl methyl sites for hydroxylation is 1. The van der Waals surface area contributed by atoms with Crippen molar-refractivity contribution in [3.63, 3.8) is 0 Å². The number of benzene rings is 2. The third kappa shape index (κ3) is 6.52. The molecule has 4 nitrogen and oxygen atoms in total. The molecule has 0 radical (unpaired) electrons. The third-order valence-electron chi connectivity index (χ3n) is 4.60. The van der Waals surface area contributed by atoms with Gasteiger partial charge in [-0.25, -0.2) is 0 Å². The van der Waals surface area contributed by atoms with Gasteiger partial charge >= 0.3 is 0 Å². The zero-order chi connectivity index (χ0) is 20.5. The molecule has 2 rings (SSSR count). The number of nitrogens with zero attached hydrogens (tertiary/aromatic N) is 1. The van der Waals surface area contributed by atoms with E-state index >= 15 is 0 Å². The Morgan fingerprint density at radius 1 is 1.00 bits per heavy atom. The van der Waals surface area contributed by atoms with Crippen LogP contribution in [-0.2, 0) is 22.6 Å². The van der Waals surface area contributed by atoms with E-state index < -0.39 is 6.04 Å². The maximum atomic E-state index is 13.1. The minimum absolute atomic E-state index is 0.0174. The summed E-state index contributed by atoms with van der Waals surface area (Å²) in [6.45, 7) is 8.34. The molecule has 150 valence electrons. The summed E-state index contributed by atoms with van der Waals surface area (Å²) >= 11 is 0. The second-order valence-electron chi connectivity index (χ2n) is 7.63. The molecule has 2 aromatic carbocycles. The van der Waals surface area contributed by atoms with E-state index in [0.717, 1.165) is 23.1 Å². The Labute approximate surface area is 169 Å². The molecule has 0 bridgehead atoms. The van der Waals surface area contributed by atoms with Gasteiger partial charge < -0.3 is 10.2 Å². The van der Waals surface area contributed by atoms with Gasteiger partial charge in [0.2, 0.25) is 11.8 Å². The lowest BCUT2D eigenvalue weighted by atomic mass is 10.0. The van der Waals surface area contributed by atoms with E-state index in [1.807, 2.05) is 76.2 Å². The van der Waals surface area contributed by atoms with E-state index in [1.54, 1.807) is 4.90 Å². The van der Waals surface area contributed by atoms with E-state index in [1.165, 1.54) is 0 Å². The third-order valence-corrected chi connectivity index (χ3v) is 4.60. The van der Waals surface area contributed by atoms with Crippen LogP contribution >= 0.6 is 0 Å². The van der Waals surface area contributed by atoms with E-state index in [-0.39, 0.29) is 17.9 Å². The van der Waals surface area contributed by atoms with Crippen LogP contribution in [0.2, 0.25) is 0 Å². The fourth-order valence-electron chi connectivity index (χ4n) is 3.30. The van der Waals surface area contributed by atoms with Crippen LogP contribution in [0, 0.1) is 6.92 Å². The SMILES string of the molecule is CCCC(=O)N(Cc1cccc(C)c1)C(Cc1ccccc1)C(=O)NC(C)C. The van der Waals surface area contributed by atoms with Gasteiger partial charge in [0.15, 0.2) is 0 Å². The monoisotopic (exact) mass is 380 g/mol. The van der Waals surface area contributed by atoms with Gasteiger partial charge in [0.05, 0.1) is 0 Å². The molecular weight excluding hydrogens is 348 g/mol. The maximum Gasteiger partial charge on any atom is 0.243 e. The first-order valence-corrected chi connectivity index (χ1v) is 10.1. The van der Waals surface area contributed by atoms with Crippen molar-refractivity contribution < 1.29 is 9.59 Å². The van der Waals surface area contributed by atoms with Crippen LogP contribution < -0.4 is 5.32 Å². The molecule has 1 atom stereocenters. The first-order chi connectivity index (χ1) is 13.4. The summed E-state index contributed by atoms with van der Waals surface area (Å²) in [7, 11) is 0. The Morgan fingerprint density at radius 3 is 2.29 bits per heavy atom. The number of nitrogens with one attached hydrogen (secondary N) is 1. The molecule has 0 saturated heterocycles. The van der Waals surface area contributed by atoms with Gasteiger partial charge in [-0.1, -0.05) is 67.1 Å². The molecule has 2 amide bonds. The normalized spacial score (nSPS) is 11.9. The summed E-state index contributed by atoms with van der Waals surface area (Å²) in [6.07, 6.45) is 1.69. The van der Waals surface area contributed by atoms with Crippen LogP contribution in [0.25, 0.3) is 0 Å². The van der Waals surface area contributed by atoms with Crippen LogP contribution in [0.3, 0.4) is 0 Å². The first-order valence-electron chi connectivity index (χ1n) is 10.1. The van der Waals surface area contributed by atoms with Crippen molar-refractivity contribution in [2.24, 2.45) is 0 Å². The highest BCUT2D eigenvalue weighted by Crippen LogP contribution is 2.17. The van der Waals surface area contributed by atoms with E-state index in [2.05, 4.69) is 11.4 Å². The average molecular weight is 381 g/mol. The molecule has 0 saturated carbocycles. The van der Waals surface area contributed by atoms with Crippen molar-refractivity contribution in [1.29, 1.82) is 0 Å². The predicted molar refractivity (Wildman–Crippen MR) is 114 cm³/mol. The van der Waals surface area contributed by atoms with Crippen LogP contribution in [0.15, 0.2) is 54.6 Å². The van der Waals surface area contributed by atoms with E-state index in [4.69, 9.17) is 0 Å². The number of carbonyl (C=O) groups is 2. The largest absolute Gasteiger partial charge is 0.352 e. The van der Waals surface area contributed by atoms with Crippen molar-refractivity contribution in [3.8, 4) is 0 Å². The number of hydrogen-bond acceptors (Lipinski definition) is 2. The van der Waals surface area contributed by atoms with Gasteiger partial charge in [0.1, 0.15) is 6.04 Å². The fourth-order valence-corrected chi connectivity index (χ4v) is 3.30. The number of rotatable bonds is 9. The van der Waals surface area contributed by atoms with Crippen LogP contribution in [0.5, 0.6) is 0 Å². The number of carbonyl (C=O) groups excluding carboxylic acids is 2. The summed E-state index contributed by atoms with van der Waals surface area (Å²) in [6, 6.07) is 17.5. The molecule has 2 aromatic rings. The summed E-state index contributed by atoms with van der Waals surface area (Å²) in [5, 5.41) is 3.00. The van der Waals surface area contributed by atoms with E-state index in [0.29, 0.717) is 19.4 Å². The molecule has 0 fully saturated rings. The lowest BCUT2D eigenvalue weighted by Crippen LogP contribution is -2.51. The highest BCUT2D eigenvalue weighted by molar-refractivity contribution is 5.88. The second-order valence-corrected chi connectivity index (χ2v) is 7.63. The highest BCUT2D eigenvalue weighted by Gasteiger charge is 2.30. The second kappa shape index (κ2) is 10.6. The molecule has 0 aliphatic carbocycles. The fraction of sp³-hybridized carbons (Fsp3) is 0.417. The first kappa shape index (κ1) is 21.7. The lowest BCUT2D eigenvalue weighted by molar-refractivity contribution is -0.141. The minimum atomic E-state index is -0.538. The van der Waals surface area contributed by atoms with Crippen molar-refractivity contribution in [3.05, 3.63) is 71.3 Å². The van der Waals surface area contributed by atoms with Crippen molar-refractivity contribution >= 4 is 11.8 Å². The van der Waals surface area contributed by atoms with Crippen LogP contribution in [-0.4, -0.2) is 28.8 Å². The molecule has 1 unspecified atom stereocenters. The number of amides is 2. The van der Waals surface area contributed by atoms with Crippen molar-refractivity contribution in [2.75, 3.05) is 0 Å².